The lowest BCUT2D eigenvalue weighted by atomic mass is 9.97. The van der Waals surface area contributed by atoms with Crippen molar-refractivity contribution in [3.8, 4) is 0 Å². The Morgan fingerprint density at radius 2 is 1.86 bits per heavy atom. The number of aromatic nitrogens is 4. The van der Waals surface area contributed by atoms with E-state index in [1.807, 2.05) is 30.3 Å². The molecule has 2 aromatic heterocycles. The average Bonchev–Trinajstić information content (AvgIpc) is 3.23. The fourth-order valence-corrected chi connectivity index (χ4v) is 4.79. The molecule has 0 spiro atoms. The summed E-state index contributed by atoms with van der Waals surface area (Å²) in [6.07, 6.45) is 3.80. The molecule has 0 radical (unpaired) electrons. The number of hydrogen-bond donors (Lipinski definition) is 2. The Labute approximate surface area is 204 Å². The number of aromatic amines is 1. The van der Waals surface area contributed by atoms with E-state index < -0.39 is 0 Å². The molecule has 1 aliphatic rings. The summed E-state index contributed by atoms with van der Waals surface area (Å²) in [5, 5.41) is 3.34. The van der Waals surface area contributed by atoms with Gasteiger partial charge in [0.1, 0.15) is 5.82 Å². The van der Waals surface area contributed by atoms with E-state index in [1.165, 1.54) is 12.1 Å². The van der Waals surface area contributed by atoms with Crippen LogP contribution in [0.15, 0.2) is 59.4 Å². The summed E-state index contributed by atoms with van der Waals surface area (Å²) in [6.45, 7) is 5.30. The number of benzene rings is 2. The first-order valence-corrected chi connectivity index (χ1v) is 12.4. The van der Waals surface area contributed by atoms with Gasteiger partial charge in [-0.1, -0.05) is 37.6 Å². The highest BCUT2D eigenvalue weighted by molar-refractivity contribution is 5.79. The van der Waals surface area contributed by atoms with Crippen molar-refractivity contribution in [1.82, 2.24) is 19.5 Å². The van der Waals surface area contributed by atoms with Crippen molar-refractivity contribution >= 4 is 22.9 Å². The molecule has 35 heavy (non-hydrogen) atoms. The first-order valence-electron chi connectivity index (χ1n) is 12.4. The Kier molecular flexibility index (Phi) is 6.79. The van der Waals surface area contributed by atoms with Crippen molar-refractivity contribution in [3.63, 3.8) is 0 Å². The van der Waals surface area contributed by atoms with E-state index in [4.69, 9.17) is 4.98 Å². The van der Waals surface area contributed by atoms with Crippen LogP contribution in [0, 0.1) is 11.7 Å². The van der Waals surface area contributed by atoms with E-state index in [-0.39, 0.29) is 11.4 Å². The zero-order valence-electron chi connectivity index (χ0n) is 20.0. The van der Waals surface area contributed by atoms with Crippen LogP contribution in [0.2, 0.25) is 0 Å². The van der Waals surface area contributed by atoms with Gasteiger partial charge in [0.15, 0.2) is 0 Å². The second-order valence-electron chi connectivity index (χ2n) is 9.26. The van der Waals surface area contributed by atoms with Crippen molar-refractivity contribution in [3.05, 3.63) is 82.0 Å². The predicted octanol–water partition coefficient (Wildman–Crippen LogP) is 4.59. The molecule has 0 amide bonds. The third-order valence-corrected chi connectivity index (χ3v) is 6.64. The molecule has 182 valence electrons. The van der Waals surface area contributed by atoms with Gasteiger partial charge in [0.25, 0.3) is 5.56 Å². The van der Waals surface area contributed by atoms with Gasteiger partial charge in [-0.05, 0) is 55.0 Å². The Hall–Kier alpha value is -3.68. The minimum Gasteiger partial charge on any atom is -0.355 e. The van der Waals surface area contributed by atoms with Crippen molar-refractivity contribution in [2.75, 3.05) is 29.9 Å². The number of aryl methyl sites for hydroxylation is 1. The lowest BCUT2D eigenvalue weighted by molar-refractivity contribution is 0.417. The van der Waals surface area contributed by atoms with Crippen molar-refractivity contribution in [2.45, 2.75) is 39.2 Å². The lowest BCUT2D eigenvalue weighted by Crippen LogP contribution is -2.37. The normalized spacial score (nSPS) is 14.5. The van der Waals surface area contributed by atoms with Gasteiger partial charge in [-0.15, -0.1) is 0 Å². The predicted molar refractivity (Wildman–Crippen MR) is 138 cm³/mol. The quantitative estimate of drug-likeness (QED) is 0.391. The monoisotopic (exact) mass is 474 g/mol. The molecule has 0 saturated carbocycles. The molecule has 0 aliphatic carbocycles. The number of hydrogen-bond acceptors (Lipinski definition) is 5. The van der Waals surface area contributed by atoms with E-state index in [1.54, 1.807) is 6.07 Å². The second kappa shape index (κ2) is 10.3. The molecular formula is C27H31FN6O. The maximum Gasteiger partial charge on any atom is 0.252 e. The summed E-state index contributed by atoms with van der Waals surface area (Å²) in [4.78, 5) is 26.6. The smallest absolute Gasteiger partial charge is 0.252 e. The van der Waals surface area contributed by atoms with Crippen LogP contribution in [0.4, 0.5) is 16.3 Å². The van der Waals surface area contributed by atoms with Gasteiger partial charge in [0.05, 0.1) is 17.6 Å². The maximum atomic E-state index is 13.4. The molecule has 8 heteroatoms. The highest BCUT2D eigenvalue weighted by atomic mass is 19.1. The molecule has 1 aliphatic heterocycles. The molecule has 0 atom stereocenters. The summed E-state index contributed by atoms with van der Waals surface area (Å²) in [7, 11) is 0. The fraction of sp³-hybridized carbons (Fsp3) is 0.370. The standard InChI is InChI=1S/C27H31FN6O/c1-2-5-22-16-25(35)32-26(30-22)29-17-19-12-14-33(15-13-19)27-31-23-6-3-4-7-24(23)34(27)18-20-8-10-21(28)11-9-20/h3-4,6-11,16,19H,2,5,12-15,17-18H2,1H3,(H2,29,30,32,35). The summed E-state index contributed by atoms with van der Waals surface area (Å²) in [5.74, 6) is 1.78. The first kappa shape index (κ1) is 23.1. The molecular weight excluding hydrogens is 443 g/mol. The van der Waals surface area contributed by atoms with Crippen LogP contribution in [-0.4, -0.2) is 39.2 Å². The molecule has 1 saturated heterocycles. The van der Waals surface area contributed by atoms with Gasteiger partial charge in [0.2, 0.25) is 11.9 Å². The van der Waals surface area contributed by atoms with E-state index in [2.05, 4.69) is 37.7 Å². The van der Waals surface area contributed by atoms with E-state index >= 15 is 0 Å². The van der Waals surface area contributed by atoms with Crippen LogP contribution in [-0.2, 0) is 13.0 Å². The number of anilines is 2. The van der Waals surface area contributed by atoms with E-state index in [0.717, 1.165) is 73.6 Å². The van der Waals surface area contributed by atoms with Crippen molar-refractivity contribution < 1.29 is 4.39 Å². The summed E-state index contributed by atoms with van der Waals surface area (Å²) in [6, 6.07) is 16.4. The number of imidazole rings is 1. The molecule has 4 aromatic rings. The Bertz CT molecular complexity index is 1340. The van der Waals surface area contributed by atoms with Crippen LogP contribution in [0.25, 0.3) is 11.0 Å². The van der Waals surface area contributed by atoms with Crippen LogP contribution < -0.4 is 15.8 Å². The maximum absolute atomic E-state index is 13.4. The molecule has 5 rings (SSSR count). The number of para-hydroxylation sites is 2. The summed E-state index contributed by atoms with van der Waals surface area (Å²) >= 11 is 0. The van der Waals surface area contributed by atoms with Crippen molar-refractivity contribution in [2.24, 2.45) is 5.92 Å². The number of nitrogens with one attached hydrogen (secondary N) is 2. The first-order chi connectivity index (χ1) is 17.1. The molecule has 0 bridgehead atoms. The lowest BCUT2D eigenvalue weighted by Gasteiger charge is -2.33. The minimum atomic E-state index is -0.225. The molecule has 0 unspecified atom stereocenters. The van der Waals surface area contributed by atoms with Gasteiger partial charge >= 0.3 is 0 Å². The van der Waals surface area contributed by atoms with Gasteiger partial charge in [-0.3, -0.25) is 9.78 Å². The summed E-state index contributed by atoms with van der Waals surface area (Å²) < 4.78 is 15.6. The third kappa shape index (κ3) is 5.37. The molecule has 2 aromatic carbocycles. The van der Waals surface area contributed by atoms with Crippen LogP contribution in [0.5, 0.6) is 0 Å². The van der Waals surface area contributed by atoms with Gasteiger partial charge < -0.3 is 14.8 Å². The highest BCUT2D eigenvalue weighted by Crippen LogP contribution is 2.28. The molecule has 3 heterocycles. The van der Waals surface area contributed by atoms with Gasteiger partial charge in [0, 0.05) is 31.4 Å². The number of piperidine rings is 1. The highest BCUT2D eigenvalue weighted by Gasteiger charge is 2.24. The number of fused-ring (bicyclic) bond motifs is 1. The topological polar surface area (TPSA) is 78.8 Å². The second-order valence-corrected chi connectivity index (χ2v) is 9.26. The SMILES string of the molecule is CCCc1cc(=O)[nH]c(NCC2CCN(c3nc4ccccc4n3Cc3ccc(F)cc3)CC2)n1. The number of rotatable bonds is 8. The van der Waals surface area contributed by atoms with E-state index in [0.29, 0.717) is 18.4 Å². The summed E-state index contributed by atoms with van der Waals surface area (Å²) in [5.41, 5.74) is 3.81. The number of H-pyrrole nitrogens is 1. The van der Waals surface area contributed by atoms with E-state index in [9.17, 15) is 9.18 Å². The fourth-order valence-electron chi connectivity index (χ4n) is 4.79. The van der Waals surface area contributed by atoms with Crippen LogP contribution in [0.1, 0.15) is 37.4 Å². The molecule has 1 fully saturated rings. The number of halogens is 1. The molecule has 2 N–H and O–H groups in total. The number of nitrogens with zero attached hydrogens (tertiary/aromatic N) is 4. The average molecular weight is 475 g/mol. The largest absolute Gasteiger partial charge is 0.355 e. The third-order valence-electron chi connectivity index (χ3n) is 6.64. The zero-order chi connectivity index (χ0) is 24.2. The molecule has 7 nitrogen and oxygen atoms in total. The van der Waals surface area contributed by atoms with Crippen molar-refractivity contribution in [1.29, 1.82) is 0 Å². The minimum absolute atomic E-state index is 0.110. The Balaban J connectivity index is 1.27. The van der Waals surface area contributed by atoms with Crippen LogP contribution >= 0.6 is 0 Å². The Morgan fingerprint density at radius 1 is 1.09 bits per heavy atom. The van der Waals surface area contributed by atoms with Gasteiger partial charge in [-0.2, -0.15) is 0 Å². The van der Waals surface area contributed by atoms with Crippen LogP contribution in [0.3, 0.4) is 0 Å². The zero-order valence-corrected chi connectivity index (χ0v) is 20.0. The van der Waals surface area contributed by atoms with Gasteiger partial charge in [-0.25, -0.2) is 14.4 Å². The Morgan fingerprint density at radius 3 is 2.63 bits per heavy atom.